The smallest absolute Gasteiger partial charge is 0.242 e. The highest BCUT2D eigenvalue weighted by Crippen LogP contribution is 2.11. The summed E-state index contributed by atoms with van der Waals surface area (Å²) in [4.78, 5) is 15.8. The van der Waals surface area contributed by atoms with Gasteiger partial charge in [0.2, 0.25) is 11.0 Å². The molecule has 16 heavy (non-hydrogen) atoms. The van der Waals surface area contributed by atoms with Crippen molar-refractivity contribution in [1.29, 1.82) is 0 Å². The molecule has 0 saturated carbocycles. The van der Waals surface area contributed by atoms with Gasteiger partial charge in [-0.15, -0.1) is 0 Å². The van der Waals surface area contributed by atoms with Crippen LogP contribution in [0.5, 0.6) is 0 Å². The Balaban J connectivity index is 2.39. The van der Waals surface area contributed by atoms with Crippen LogP contribution in [0, 0.1) is 12.8 Å². The Morgan fingerprint density at radius 2 is 2.12 bits per heavy atom. The minimum Gasteiger partial charge on any atom is -0.354 e. The molecule has 0 aliphatic carbocycles. The Morgan fingerprint density at radius 3 is 2.62 bits per heavy atom. The largest absolute Gasteiger partial charge is 0.354 e. The first-order valence-corrected chi connectivity index (χ1v) is 6.11. The lowest BCUT2D eigenvalue weighted by atomic mass is 10.2. The first-order valence-electron chi connectivity index (χ1n) is 5.33. The quantitative estimate of drug-likeness (QED) is 0.819. The minimum atomic E-state index is -0.286. The van der Waals surface area contributed by atoms with E-state index in [0.29, 0.717) is 17.6 Å². The van der Waals surface area contributed by atoms with E-state index < -0.39 is 0 Å². The summed E-state index contributed by atoms with van der Waals surface area (Å²) < 4.78 is 4.04. The van der Waals surface area contributed by atoms with Gasteiger partial charge < -0.3 is 10.6 Å². The average Bonchev–Trinajstić information content (AvgIpc) is 2.60. The topological polar surface area (TPSA) is 66.9 Å². The monoisotopic (exact) mass is 242 g/mol. The summed E-state index contributed by atoms with van der Waals surface area (Å²) in [5, 5.41) is 6.57. The number of aromatic nitrogens is 2. The molecule has 0 aliphatic rings. The van der Waals surface area contributed by atoms with Crippen LogP contribution in [0.25, 0.3) is 0 Å². The third kappa shape index (κ3) is 4.14. The van der Waals surface area contributed by atoms with Crippen LogP contribution in [0.2, 0.25) is 0 Å². The van der Waals surface area contributed by atoms with Crippen LogP contribution in [0.1, 0.15) is 26.6 Å². The molecule has 6 heteroatoms. The Bertz CT molecular complexity index is 350. The summed E-state index contributed by atoms with van der Waals surface area (Å²) in [6, 6.07) is -0.286. The fourth-order valence-electron chi connectivity index (χ4n) is 1.06. The van der Waals surface area contributed by atoms with Gasteiger partial charge in [-0.05, 0) is 19.8 Å². The number of amides is 1. The van der Waals surface area contributed by atoms with Crippen molar-refractivity contribution in [3.8, 4) is 0 Å². The maximum absolute atomic E-state index is 11.6. The molecule has 2 N–H and O–H groups in total. The summed E-state index contributed by atoms with van der Waals surface area (Å²) >= 11 is 1.27. The van der Waals surface area contributed by atoms with Crippen molar-refractivity contribution in [1.82, 2.24) is 14.7 Å². The predicted molar refractivity (Wildman–Crippen MR) is 65.6 cm³/mol. The molecule has 0 aliphatic heterocycles. The number of anilines is 1. The number of nitrogens with zero attached hydrogens (tertiary/aromatic N) is 2. The third-order valence-corrected chi connectivity index (χ3v) is 2.68. The Hall–Kier alpha value is -1.17. The third-order valence-electron chi connectivity index (χ3n) is 1.95. The van der Waals surface area contributed by atoms with Gasteiger partial charge in [0.25, 0.3) is 0 Å². The van der Waals surface area contributed by atoms with E-state index in [1.54, 1.807) is 0 Å². The van der Waals surface area contributed by atoms with Crippen LogP contribution in [0.3, 0.4) is 0 Å². The molecule has 1 unspecified atom stereocenters. The van der Waals surface area contributed by atoms with E-state index in [4.69, 9.17) is 0 Å². The molecule has 0 aromatic carbocycles. The van der Waals surface area contributed by atoms with Crippen molar-refractivity contribution < 1.29 is 4.79 Å². The van der Waals surface area contributed by atoms with Crippen molar-refractivity contribution in [3.63, 3.8) is 0 Å². The molecule has 0 radical (unpaired) electrons. The lowest BCUT2D eigenvalue weighted by Gasteiger charge is -2.13. The van der Waals surface area contributed by atoms with Crippen LogP contribution < -0.4 is 10.6 Å². The highest BCUT2D eigenvalue weighted by atomic mass is 32.1. The second-order valence-corrected chi connectivity index (χ2v) is 4.90. The Kier molecular flexibility index (Phi) is 4.67. The Morgan fingerprint density at radius 1 is 1.44 bits per heavy atom. The van der Waals surface area contributed by atoms with Crippen molar-refractivity contribution in [2.75, 3.05) is 11.9 Å². The molecule has 0 saturated heterocycles. The van der Waals surface area contributed by atoms with Crippen LogP contribution in [-0.2, 0) is 4.79 Å². The van der Waals surface area contributed by atoms with Crippen molar-refractivity contribution in [2.24, 2.45) is 5.92 Å². The molecule has 5 nitrogen and oxygen atoms in total. The average molecular weight is 242 g/mol. The number of hydrogen-bond acceptors (Lipinski definition) is 5. The molecule has 1 aromatic heterocycles. The predicted octanol–water partition coefficient (Wildman–Crippen LogP) is 1.42. The summed E-state index contributed by atoms with van der Waals surface area (Å²) in [6.07, 6.45) is 0. The van der Waals surface area contributed by atoms with Crippen molar-refractivity contribution in [3.05, 3.63) is 5.82 Å². The molecule has 0 bridgehead atoms. The van der Waals surface area contributed by atoms with E-state index in [9.17, 15) is 4.79 Å². The lowest BCUT2D eigenvalue weighted by molar-refractivity contribution is -0.121. The zero-order valence-electron chi connectivity index (χ0n) is 10.1. The number of hydrogen-bond donors (Lipinski definition) is 2. The maximum atomic E-state index is 11.6. The van der Waals surface area contributed by atoms with E-state index in [-0.39, 0.29) is 11.9 Å². The zero-order valence-corrected chi connectivity index (χ0v) is 10.9. The van der Waals surface area contributed by atoms with Gasteiger partial charge in [0.05, 0.1) is 0 Å². The van der Waals surface area contributed by atoms with E-state index in [2.05, 4.69) is 33.8 Å². The van der Waals surface area contributed by atoms with Gasteiger partial charge in [-0.3, -0.25) is 4.79 Å². The van der Waals surface area contributed by atoms with E-state index in [1.165, 1.54) is 11.5 Å². The standard InChI is InChI=1S/C10H18N4OS/c1-6(2)5-11-9(15)7(3)12-10-13-8(4)14-16-10/h6-7H,5H2,1-4H3,(H,11,15)(H,12,13,14). The Labute approximate surface area is 99.8 Å². The number of carbonyl (C=O) groups excluding carboxylic acids is 1. The van der Waals surface area contributed by atoms with Crippen molar-refractivity contribution in [2.45, 2.75) is 33.7 Å². The molecule has 0 fully saturated rings. The second-order valence-electron chi connectivity index (χ2n) is 4.15. The molecular formula is C10H18N4OS. The fourth-order valence-corrected chi connectivity index (χ4v) is 1.73. The van der Waals surface area contributed by atoms with Crippen molar-refractivity contribution >= 4 is 22.6 Å². The molecule has 1 heterocycles. The SMILES string of the molecule is Cc1nsc(NC(C)C(=O)NCC(C)C)n1. The molecular weight excluding hydrogens is 224 g/mol. The summed E-state index contributed by atoms with van der Waals surface area (Å²) in [6.45, 7) is 8.45. The highest BCUT2D eigenvalue weighted by Gasteiger charge is 2.14. The zero-order chi connectivity index (χ0) is 12.1. The molecule has 1 amide bonds. The maximum Gasteiger partial charge on any atom is 0.242 e. The highest BCUT2D eigenvalue weighted by molar-refractivity contribution is 7.09. The van der Waals surface area contributed by atoms with Crippen LogP contribution in [0.15, 0.2) is 0 Å². The van der Waals surface area contributed by atoms with Gasteiger partial charge in [-0.2, -0.15) is 4.37 Å². The first kappa shape index (κ1) is 12.9. The van der Waals surface area contributed by atoms with Gasteiger partial charge in [0.15, 0.2) is 0 Å². The van der Waals surface area contributed by atoms with Gasteiger partial charge in [0.1, 0.15) is 11.9 Å². The molecule has 1 aromatic rings. The normalized spacial score (nSPS) is 12.6. The second kappa shape index (κ2) is 5.79. The number of rotatable bonds is 5. The van der Waals surface area contributed by atoms with Gasteiger partial charge >= 0.3 is 0 Å². The summed E-state index contributed by atoms with van der Waals surface area (Å²) in [5.41, 5.74) is 0. The number of nitrogens with one attached hydrogen (secondary N) is 2. The molecule has 90 valence electrons. The van der Waals surface area contributed by atoms with E-state index in [0.717, 1.165) is 5.82 Å². The summed E-state index contributed by atoms with van der Waals surface area (Å²) in [5.74, 6) is 1.17. The molecule has 0 spiro atoms. The first-order chi connectivity index (χ1) is 7.49. The van der Waals surface area contributed by atoms with E-state index in [1.807, 2.05) is 13.8 Å². The van der Waals surface area contributed by atoms with Crippen LogP contribution in [-0.4, -0.2) is 27.9 Å². The molecule has 1 rings (SSSR count). The van der Waals surface area contributed by atoms with Gasteiger partial charge in [-0.25, -0.2) is 4.98 Å². The molecule has 1 atom stereocenters. The lowest BCUT2D eigenvalue weighted by Crippen LogP contribution is -2.39. The number of carbonyl (C=O) groups is 1. The fraction of sp³-hybridized carbons (Fsp3) is 0.700. The van der Waals surface area contributed by atoms with Gasteiger partial charge in [-0.1, -0.05) is 13.8 Å². The van der Waals surface area contributed by atoms with E-state index >= 15 is 0 Å². The number of aryl methyl sites for hydroxylation is 1. The minimum absolute atomic E-state index is 0.0125. The van der Waals surface area contributed by atoms with Crippen LogP contribution >= 0.6 is 11.5 Å². The van der Waals surface area contributed by atoms with Gasteiger partial charge in [0, 0.05) is 18.1 Å². The van der Waals surface area contributed by atoms with Crippen LogP contribution in [0.4, 0.5) is 5.13 Å². The summed E-state index contributed by atoms with van der Waals surface area (Å²) in [7, 11) is 0.